The first-order valence-corrected chi connectivity index (χ1v) is 13.2. The van der Waals surface area contributed by atoms with E-state index in [-0.39, 0.29) is 17.8 Å². The van der Waals surface area contributed by atoms with E-state index in [0.29, 0.717) is 27.8 Å². The summed E-state index contributed by atoms with van der Waals surface area (Å²) in [5, 5.41) is 3.52. The number of aryl methyl sites for hydroxylation is 2. The Morgan fingerprint density at radius 1 is 1.03 bits per heavy atom. The van der Waals surface area contributed by atoms with Crippen LogP contribution in [0.15, 0.2) is 54.6 Å². The van der Waals surface area contributed by atoms with Crippen molar-refractivity contribution < 1.29 is 22.7 Å². The van der Waals surface area contributed by atoms with E-state index < -0.39 is 15.9 Å². The van der Waals surface area contributed by atoms with Crippen LogP contribution in [-0.4, -0.2) is 34.8 Å². The van der Waals surface area contributed by atoms with Crippen LogP contribution in [0, 0.1) is 6.92 Å². The third-order valence-corrected chi connectivity index (χ3v) is 7.01. The Morgan fingerprint density at radius 2 is 1.66 bits per heavy atom. The lowest BCUT2D eigenvalue weighted by atomic mass is 10.0. The molecular formula is C26H29ClN2O5S. The fourth-order valence-electron chi connectivity index (χ4n) is 3.78. The molecule has 35 heavy (non-hydrogen) atoms. The van der Waals surface area contributed by atoms with E-state index in [4.69, 9.17) is 21.1 Å². The molecule has 9 heteroatoms. The largest absolute Gasteiger partial charge is 0.493 e. The SMILES string of the molecule is CCc1cccc(C)c1NC(=O)c1cc(OC)c(OC)cc1N(Cc1ccc(Cl)cc1)S(C)(=O)=O. The van der Waals surface area contributed by atoms with Gasteiger partial charge in [-0.1, -0.05) is 48.9 Å². The zero-order chi connectivity index (χ0) is 25.8. The lowest BCUT2D eigenvalue weighted by molar-refractivity contribution is 0.102. The number of anilines is 2. The first-order valence-electron chi connectivity index (χ1n) is 11.0. The molecule has 3 aromatic carbocycles. The van der Waals surface area contributed by atoms with E-state index >= 15 is 0 Å². The molecule has 0 fully saturated rings. The Hall–Kier alpha value is -3.23. The molecule has 186 valence electrons. The molecule has 0 spiro atoms. The lowest BCUT2D eigenvalue weighted by Crippen LogP contribution is -2.31. The topological polar surface area (TPSA) is 84.9 Å². The standard InChI is InChI=1S/C26H29ClN2O5S/c1-6-19-9-7-8-17(2)25(19)28-26(30)21-14-23(33-3)24(34-4)15-22(21)29(35(5,31)32)16-18-10-12-20(27)13-11-18/h7-15H,6,16H2,1-5H3,(H,28,30). The molecule has 3 aromatic rings. The lowest BCUT2D eigenvalue weighted by Gasteiger charge is -2.26. The highest BCUT2D eigenvalue weighted by Crippen LogP contribution is 2.37. The van der Waals surface area contributed by atoms with Crippen molar-refractivity contribution in [3.05, 3.63) is 81.9 Å². The van der Waals surface area contributed by atoms with Crippen molar-refractivity contribution in [2.24, 2.45) is 0 Å². The fraction of sp³-hybridized carbons (Fsp3) is 0.269. The summed E-state index contributed by atoms with van der Waals surface area (Å²) in [6.45, 7) is 3.91. The van der Waals surface area contributed by atoms with Gasteiger partial charge in [0.05, 0.1) is 38.3 Å². The van der Waals surface area contributed by atoms with Crippen molar-refractivity contribution >= 4 is 38.9 Å². The van der Waals surface area contributed by atoms with Crippen LogP contribution < -0.4 is 19.1 Å². The van der Waals surface area contributed by atoms with E-state index in [1.54, 1.807) is 24.3 Å². The van der Waals surface area contributed by atoms with Crippen LogP contribution >= 0.6 is 11.6 Å². The van der Waals surface area contributed by atoms with Gasteiger partial charge in [0.1, 0.15) is 0 Å². The highest BCUT2D eigenvalue weighted by Gasteiger charge is 2.27. The first kappa shape index (κ1) is 26.4. The van der Waals surface area contributed by atoms with Gasteiger partial charge in [0, 0.05) is 16.8 Å². The zero-order valence-electron chi connectivity index (χ0n) is 20.4. The number of nitrogens with one attached hydrogen (secondary N) is 1. The van der Waals surface area contributed by atoms with Crippen LogP contribution in [0.4, 0.5) is 11.4 Å². The Kier molecular flexibility index (Phi) is 8.30. The van der Waals surface area contributed by atoms with Gasteiger partial charge in [-0.3, -0.25) is 9.10 Å². The highest BCUT2D eigenvalue weighted by molar-refractivity contribution is 7.92. The van der Waals surface area contributed by atoms with Gasteiger partial charge in [0.15, 0.2) is 11.5 Å². The summed E-state index contributed by atoms with van der Waals surface area (Å²) in [5.74, 6) is 0.144. The summed E-state index contributed by atoms with van der Waals surface area (Å²) < 4.78 is 37.9. The van der Waals surface area contributed by atoms with Crippen molar-refractivity contribution in [3.8, 4) is 11.5 Å². The molecule has 0 saturated carbocycles. The van der Waals surface area contributed by atoms with E-state index in [1.165, 1.54) is 30.7 Å². The molecule has 0 heterocycles. The maximum absolute atomic E-state index is 13.6. The van der Waals surface area contributed by atoms with E-state index in [2.05, 4.69) is 5.32 Å². The third kappa shape index (κ3) is 6.07. The number of rotatable bonds is 9. The second-order valence-electron chi connectivity index (χ2n) is 8.04. The van der Waals surface area contributed by atoms with Crippen LogP contribution in [0.3, 0.4) is 0 Å². The Balaban J connectivity index is 2.17. The molecule has 3 rings (SSSR count). The minimum atomic E-state index is -3.80. The number of halogens is 1. The summed E-state index contributed by atoms with van der Waals surface area (Å²) in [7, 11) is -0.890. The molecular weight excluding hydrogens is 488 g/mol. The van der Waals surface area contributed by atoms with E-state index in [9.17, 15) is 13.2 Å². The molecule has 0 atom stereocenters. The average molecular weight is 517 g/mol. The molecule has 7 nitrogen and oxygen atoms in total. The van der Waals surface area contributed by atoms with Gasteiger partial charge in [0.25, 0.3) is 5.91 Å². The smallest absolute Gasteiger partial charge is 0.257 e. The van der Waals surface area contributed by atoms with Gasteiger partial charge >= 0.3 is 0 Å². The number of carbonyl (C=O) groups is 1. The molecule has 0 aliphatic heterocycles. The van der Waals surface area contributed by atoms with Crippen LogP contribution in [-0.2, 0) is 23.0 Å². The van der Waals surface area contributed by atoms with Gasteiger partial charge < -0.3 is 14.8 Å². The van der Waals surface area contributed by atoms with Gasteiger partial charge in [0.2, 0.25) is 10.0 Å². The molecule has 0 bridgehead atoms. The number of sulfonamides is 1. The van der Waals surface area contributed by atoms with Gasteiger partial charge in [-0.2, -0.15) is 0 Å². The first-order chi connectivity index (χ1) is 16.6. The molecule has 0 aliphatic rings. The van der Waals surface area contributed by atoms with Crippen molar-refractivity contribution in [1.29, 1.82) is 0 Å². The number of hydrogen-bond donors (Lipinski definition) is 1. The molecule has 0 saturated heterocycles. The quantitative estimate of drug-likeness (QED) is 0.409. The van der Waals surface area contributed by atoms with Crippen molar-refractivity contribution in [3.63, 3.8) is 0 Å². The number of amides is 1. The van der Waals surface area contributed by atoms with Gasteiger partial charge in [-0.15, -0.1) is 0 Å². The minimum absolute atomic E-state index is 0.00363. The molecule has 1 N–H and O–H groups in total. The monoisotopic (exact) mass is 516 g/mol. The predicted octanol–water partition coefficient (Wildman–Crippen LogP) is 5.45. The summed E-state index contributed by atoms with van der Waals surface area (Å²) in [5.41, 5.74) is 3.58. The number of para-hydroxylation sites is 1. The highest BCUT2D eigenvalue weighted by atomic mass is 35.5. The number of nitrogens with zero attached hydrogens (tertiary/aromatic N) is 1. The number of hydrogen-bond acceptors (Lipinski definition) is 5. The number of benzene rings is 3. The third-order valence-electron chi connectivity index (χ3n) is 5.63. The zero-order valence-corrected chi connectivity index (χ0v) is 22.0. The minimum Gasteiger partial charge on any atom is -0.493 e. The predicted molar refractivity (Wildman–Crippen MR) is 141 cm³/mol. The van der Waals surface area contributed by atoms with Crippen LogP contribution in [0.1, 0.15) is 34.0 Å². The van der Waals surface area contributed by atoms with Crippen molar-refractivity contribution in [2.75, 3.05) is 30.1 Å². The van der Waals surface area contributed by atoms with Crippen molar-refractivity contribution in [2.45, 2.75) is 26.8 Å². The van der Waals surface area contributed by atoms with Crippen LogP contribution in [0.2, 0.25) is 5.02 Å². The molecule has 0 radical (unpaired) electrons. The second-order valence-corrected chi connectivity index (χ2v) is 10.4. The van der Waals surface area contributed by atoms with Gasteiger partial charge in [-0.25, -0.2) is 8.42 Å². The fourth-order valence-corrected chi connectivity index (χ4v) is 4.79. The summed E-state index contributed by atoms with van der Waals surface area (Å²) in [6, 6.07) is 15.6. The molecule has 0 aromatic heterocycles. The number of ether oxygens (including phenoxy) is 2. The number of carbonyl (C=O) groups excluding carboxylic acids is 1. The Morgan fingerprint density at radius 3 is 2.23 bits per heavy atom. The normalized spacial score (nSPS) is 11.1. The van der Waals surface area contributed by atoms with Gasteiger partial charge in [-0.05, 0) is 48.2 Å². The summed E-state index contributed by atoms with van der Waals surface area (Å²) >= 11 is 5.99. The Labute approximate surface area is 211 Å². The van der Waals surface area contributed by atoms with E-state index in [1.807, 2.05) is 32.0 Å². The molecule has 0 unspecified atom stereocenters. The second kappa shape index (κ2) is 11.0. The molecule has 1 amide bonds. The van der Waals surface area contributed by atoms with E-state index in [0.717, 1.165) is 23.8 Å². The Bertz CT molecular complexity index is 1320. The number of methoxy groups -OCH3 is 2. The average Bonchev–Trinajstić information content (AvgIpc) is 2.83. The maximum Gasteiger partial charge on any atom is 0.257 e. The molecule has 0 aliphatic carbocycles. The van der Waals surface area contributed by atoms with Crippen LogP contribution in [0.25, 0.3) is 0 Å². The van der Waals surface area contributed by atoms with Crippen LogP contribution in [0.5, 0.6) is 11.5 Å². The van der Waals surface area contributed by atoms with Crippen molar-refractivity contribution in [1.82, 2.24) is 0 Å². The summed E-state index contributed by atoms with van der Waals surface area (Å²) in [6.07, 6.45) is 1.82. The maximum atomic E-state index is 13.6. The summed E-state index contributed by atoms with van der Waals surface area (Å²) in [4.78, 5) is 13.6.